The third-order valence-corrected chi connectivity index (χ3v) is 4.14. The summed E-state index contributed by atoms with van der Waals surface area (Å²) < 4.78 is 10.9. The first kappa shape index (κ1) is 19.5. The van der Waals surface area contributed by atoms with Gasteiger partial charge in [-0.05, 0) is 51.8 Å². The van der Waals surface area contributed by atoms with Gasteiger partial charge < -0.3 is 20.3 Å². The first-order chi connectivity index (χ1) is 10.1. The number of thiol groups is 1. The number of rotatable bonds is 4. The number of nitrogens with two attached hydrogens (primary N) is 1. The standard InChI is InChI=1S/C11H14O2S.C6H15NO/c14-11-3-1-2-9(6-11)7-13-10-4-5-12-8-10;1-5(2,7)6(3,4)8/h1-3,6,10,14H,4-5,7-8H2;8H,7H2,1-4H3. The molecule has 1 heterocycles. The van der Waals surface area contributed by atoms with E-state index in [1.807, 2.05) is 18.2 Å². The molecule has 0 aromatic heterocycles. The molecular weight excluding hydrogens is 298 g/mol. The van der Waals surface area contributed by atoms with E-state index >= 15 is 0 Å². The third kappa shape index (κ3) is 7.11. The molecule has 1 unspecified atom stereocenters. The van der Waals surface area contributed by atoms with Crippen molar-refractivity contribution in [3.8, 4) is 0 Å². The lowest BCUT2D eigenvalue weighted by Crippen LogP contribution is -2.52. The van der Waals surface area contributed by atoms with Crippen LogP contribution in [-0.2, 0) is 16.1 Å². The Labute approximate surface area is 139 Å². The van der Waals surface area contributed by atoms with E-state index in [1.165, 1.54) is 5.56 Å². The summed E-state index contributed by atoms with van der Waals surface area (Å²) in [4.78, 5) is 0.980. The van der Waals surface area contributed by atoms with E-state index in [2.05, 4.69) is 18.7 Å². The molecule has 1 atom stereocenters. The zero-order valence-electron chi connectivity index (χ0n) is 14.0. The maximum atomic E-state index is 9.23. The second kappa shape index (κ2) is 8.31. The summed E-state index contributed by atoms with van der Waals surface area (Å²) >= 11 is 4.28. The molecule has 0 saturated carbocycles. The van der Waals surface area contributed by atoms with Gasteiger partial charge >= 0.3 is 0 Å². The van der Waals surface area contributed by atoms with Crippen molar-refractivity contribution in [3.05, 3.63) is 29.8 Å². The molecule has 4 nitrogen and oxygen atoms in total. The van der Waals surface area contributed by atoms with Gasteiger partial charge in [0.05, 0.1) is 24.9 Å². The molecule has 0 amide bonds. The van der Waals surface area contributed by atoms with Gasteiger partial charge in [-0.1, -0.05) is 12.1 Å². The van der Waals surface area contributed by atoms with Gasteiger partial charge in [-0.2, -0.15) is 0 Å². The van der Waals surface area contributed by atoms with Crippen LogP contribution in [0.4, 0.5) is 0 Å². The van der Waals surface area contributed by atoms with Crippen LogP contribution in [0.2, 0.25) is 0 Å². The SMILES string of the molecule is CC(C)(N)C(C)(C)O.Sc1cccc(COC2CCOC2)c1. The molecule has 1 fully saturated rings. The predicted molar refractivity (Wildman–Crippen MR) is 92.3 cm³/mol. The van der Waals surface area contributed by atoms with Crippen molar-refractivity contribution in [1.82, 2.24) is 0 Å². The fourth-order valence-electron chi connectivity index (χ4n) is 1.50. The maximum absolute atomic E-state index is 9.23. The summed E-state index contributed by atoms with van der Waals surface area (Å²) in [5.74, 6) is 0. The first-order valence-corrected chi connectivity index (χ1v) is 8.03. The Morgan fingerprint density at radius 3 is 2.45 bits per heavy atom. The molecule has 0 bridgehead atoms. The van der Waals surface area contributed by atoms with Crippen molar-refractivity contribution >= 4 is 12.6 Å². The lowest BCUT2D eigenvalue weighted by Gasteiger charge is -2.32. The summed E-state index contributed by atoms with van der Waals surface area (Å²) in [6, 6.07) is 8.03. The summed E-state index contributed by atoms with van der Waals surface area (Å²) in [5, 5.41) is 9.23. The molecular formula is C17H29NO3S. The molecule has 0 radical (unpaired) electrons. The Hall–Kier alpha value is -0.590. The highest BCUT2D eigenvalue weighted by Crippen LogP contribution is 2.16. The Balaban J connectivity index is 0.000000261. The average Bonchev–Trinajstić information content (AvgIpc) is 2.88. The summed E-state index contributed by atoms with van der Waals surface area (Å²) in [6.45, 7) is 9.22. The highest BCUT2D eigenvalue weighted by Gasteiger charge is 2.30. The van der Waals surface area contributed by atoms with Crippen molar-refractivity contribution in [1.29, 1.82) is 0 Å². The van der Waals surface area contributed by atoms with Gasteiger partial charge in [0, 0.05) is 17.0 Å². The van der Waals surface area contributed by atoms with Gasteiger partial charge in [-0.15, -0.1) is 12.6 Å². The number of ether oxygens (including phenoxy) is 2. The van der Waals surface area contributed by atoms with E-state index in [1.54, 1.807) is 27.7 Å². The largest absolute Gasteiger partial charge is 0.389 e. The predicted octanol–water partition coefficient (Wildman–Crippen LogP) is 2.78. The van der Waals surface area contributed by atoms with Crippen LogP contribution in [0.15, 0.2) is 29.2 Å². The minimum atomic E-state index is -0.785. The first-order valence-electron chi connectivity index (χ1n) is 7.58. The Morgan fingerprint density at radius 1 is 1.36 bits per heavy atom. The van der Waals surface area contributed by atoms with Gasteiger partial charge in [0.1, 0.15) is 0 Å². The molecule has 1 saturated heterocycles. The van der Waals surface area contributed by atoms with E-state index < -0.39 is 11.1 Å². The summed E-state index contributed by atoms with van der Waals surface area (Å²) in [6.07, 6.45) is 1.29. The van der Waals surface area contributed by atoms with Crippen LogP contribution < -0.4 is 5.73 Å². The van der Waals surface area contributed by atoms with E-state index in [4.69, 9.17) is 15.2 Å². The van der Waals surface area contributed by atoms with E-state index in [0.29, 0.717) is 6.61 Å². The fraction of sp³-hybridized carbons (Fsp3) is 0.647. The van der Waals surface area contributed by atoms with Crippen LogP contribution in [0, 0.1) is 0 Å². The Kier molecular flexibility index (Phi) is 7.35. The van der Waals surface area contributed by atoms with Crippen molar-refractivity contribution in [2.75, 3.05) is 13.2 Å². The molecule has 1 aromatic rings. The molecule has 22 heavy (non-hydrogen) atoms. The topological polar surface area (TPSA) is 64.7 Å². The van der Waals surface area contributed by atoms with E-state index in [0.717, 1.165) is 24.5 Å². The zero-order valence-corrected chi connectivity index (χ0v) is 14.9. The van der Waals surface area contributed by atoms with E-state index in [9.17, 15) is 5.11 Å². The van der Waals surface area contributed by atoms with Crippen LogP contribution in [0.5, 0.6) is 0 Å². The van der Waals surface area contributed by atoms with Crippen molar-refractivity contribution in [2.45, 2.75) is 62.9 Å². The highest BCUT2D eigenvalue weighted by atomic mass is 32.1. The van der Waals surface area contributed by atoms with Gasteiger partial charge in [-0.3, -0.25) is 0 Å². The molecule has 2 rings (SSSR count). The minimum absolute atomic E-state index is 0.276. The monoisotopic (exact) mass is 327 g/mol. The summed E-state index contributed by atoms with van der Waals surface area (Å²) in [5.41, 5.74) is 5.44. The third-order valence-electron chi connectivity index (χ3n) is 3.86. The Bertz CT molecular complexity index is 434. The normalized spacial score (nSPS) is 18.8. The minimum Gasteiger partial charge on any atom is -0.389 e. The number of benzene rings is 1. The molecule has 0 aliphatic carbocycles. The fourth-order valence-corrected chi connectivity index (χ4v) is 1.76. The van der Waals surface area contributed by atoms with E-state index in [-0.39, 0.29) is 6.10 Å². The Morgan fingerprint density at radius 2 is 2.00 bits per heavy atom. The quantitative estimate of drug-likeness (QED) is 0.744. The molecule has 0 spiro atoms. The molecule has 1 aliphatic rings. The van der Waals surface area contributed by atoms with Crippen LogP contribution in [-0.4, -0.2) is 35.6 Å². The highest BCUT2D eigenvalue weighted by molar-refractivity contribution is 7.80. The number of hydrogen-bond acceptors (Lipinski definition) is 5. The van der Waals surface area contributed by atoms with Crippen LogP contribution >= 0.6 is 12.6 Å². The molecule has 126 valence electrons. The molecule has 1 aliphatic heterocycles. The summed E-state index contributed by atoms with van der Waals surface area (Å²) in [7, 11) is 0. The second-order valence-electron chi connectivity index (χ2n) is 6.75. The van der Waals surface area contributed by atoms with Crippen LogP contribution in [0.3, 0.4) is 0 Å². The van der Waals surface area contributed by atoms with Gasteiger partial charge in [0.15, 0.2) is 0 Å². The van der Waals surface area contributed by atoms with Gasteiger partial charge in [0.25, 0.3) is 0 Å². The van der Waals surface area contributed by atoms with Crippen molar-refractivity contribution < 1.29 is 14.6 Å². The van der Waals surface area contributed by atoms with Gasteiger partial charge in [0.2, 0.25) is 0 Å². The lowest BCUT2D eigenvalue weighted by molar-refractivity contribution is 0.0144. The smallest absolute Gasteiger partial charge is 0.0834 e. The molecule has 5 heteroatoms. The van der Waals surface area contributed by atoms with Crippen molar-refractivity contribution in [3.63, 3.8) is 0 Å². The number of aliphatic hydroxyl groups is 1. The molecule has 1 aromatic carbocycles. The van der Waals surface area contributed by atoms with Crippen LogP contribution in [0.1, 0.15) is 39.7 Å². The van der Waals surface area contributed by atoms with Crippen LogP contribution in [0.25, 0.3) is 0 Å². The average molecular weight is 327 g/mol. The lowest BCUT2D eigenvalue weighted by atomic mass is 9.87. The van der Waals surface area contributed by atoms with Crippen molar-refractivity contribution in [2.24, 2.45) is 5.73 Å². The maximum Gasteiger partial charge on any atom is 0.0834 e. The number of hydrogen-bond donors (Lipinski definition) is 3. The zero-order chi connectivity index (χ0) is 16.8. The van der Waals surface area contributed by atoms with Gasteiger partial charge in [-0.25, -0.2) is 0 Å². The second-order valence-corrected chi connectivity index (χ2v) is 7.26. The molecule has 3 N–H and O–H groups in total.